The standard InChI is InChI=1S/C24H32N6O2/c1-23(2,3)27-21(32)19-14-30(13-16-11-25-22(26-12-16)29(4)5)15-24(19)10-17-8-6-7-9-18(17)20(31)28-24/h6-9,11-12,19H,10,13-15H2,1-5H3,(H,27,32)(H,28,31)/t19-,24+/m0/s1. The van der Waals surface area contributed by atoms with Gasteiger partial charge in [0.15, 0.2) is 0 Å². The van der Waals surface area contributed by atoms with Crippen LogP contribution < -0.4 is 15.5 Å². The Balaban J connectivity index is 1.61. The molecule has 2 N–H and O–H groups in total. The average molecular weight is 437 g/mol. The Kier molecular flexibility index (Phi) is 5.67. The maximum atomic E-state index is 13.4. The number of benzene rings is 1. The molecule has 2 atom stereocenters. The quantitative estimate of drug-likeness (QED) is 0.757. The van der Waals surface area contributed by atoms with Crippen LogP contribution in [0.2, 0.25) is 0 Å². The third-order valence-electron chi connectivity index (χ3n) is 6.06. The first kappa shape index (κ1) is 22.2. The van der Waals surface area contributed by atoms with E-state index in [9.17, 15) is 9.59 Å². The van der Waals surface area contributed by atoms with Crippen LogP contribution in [0.25, 0.3) is 0 Å². The van der Waals surface area contributed by atoms with E-state index in [0.29, 0.717) is 37.6 Å². The number of hydrogen-bond donors (Lipinski definition) is 2. The molecule has 170 valence electrons. The predicted octanol–water partition coefficient (Wildman–Crippen LogP) is 1.61. The molecule has 2 aliphatic heterocycles. The Morgan fingerprint density at radius 1 is 1.25 bits per heavy atom. The van der Waals surface area contributed by atoms with E-state index in [1.165, 1.54) is 0 Å². The lowest BCUT2D eigenvalue weighted by Gasteiger charge is -2.40. The van der Waals surface area contributed by atoms with Gasteiger partial charge >= 0.3 is 0 Å². The van der Waals surface area contributed by atoms with Gasteiger partial charge in [0.05, 0.1) is 11.5 Å². The lowest BCUT2D eigenvalue weighted by molar-refractivity contribution is -0.127. The van der Waals surface area contributed by atoms with Crippen LogP contribution in [0.15, 0.2) is 36.7 Å². The molecular weight excluding hydrogens is 404 g/mol. The molecule has 0 aliphatic carbocycles. The molecule has 0 saturated carbocycles. The molecule has 0 unspecified atom stereocenters. The molecule has 3 heterocycles. The molecule has 0 radical (unpaired) electrons. The molecule has 2 amide bonds. The first-order valence-corrected chi connectivity index (χ1v) is 11.0. The van der Waals surface area contributed by atoms with E-state index < -0.39 is 5.54 Å². The highest BCUT2D eigenvalue weighted by Gasteiger charge is 2.53. The minimum Gasteiger partial charge on any atom is -0.351 e. The second-order valence-corrected chi connectivity index (χ2v) is 10.2. The molecule has 4 rings (SSSR count). The van der Waals surface area contributed by atoms with E-state index in [-0.39, 0.29) is 23.3 Å². The van der Waals surface area contributed by atoms with Crippen molar-refractivity contribution in [1.29, 1.82) is 0 Å². The number of anilines is 1. The van der Waals surface area contributed by atoms with Crippen molar-refractivity contribution in [2.75, 3.05) is 32.1 Å². The number of carbonyl (C=O) groups excluding carboxylic acids is 2. The number of nitrogens with zero attached hydrogens (tertiary/aromatic N) is 4. The SMILES string of the molecule is CN(C)c1ncc(CN2C[C@@H](C(=O)NC(C)(C)C)[C@@]3(Cc4ccccc4C(=O)N3)C2)cn1. The van der Waals surface area contributed by atoms with E-state index in [2.05, 4.69) is 25.5 Å². The fraction of sp³-hybridized carbons (Fsp3) is 0.500. The van der Waals surface area contributed by atoms with Gasteiger partial charge in [-0.05, 0) is 38.8 Å². The molecule has 2 aliphatic rings. The summed E-state index contributed by atoms with van der Waals surface area (Å²) < 4.78 is 0. The molecule has 32 heavy (non-hydrogen) atoms. The largest absolute Gasteiger partial charge is 0.351 e. The number of rotatable bonds is 4. The Bertz CT molecular complexity index is 1010. The number of amides is 2. The zero-order valence-corrected chi connectivity index (χ0v) is 19.5. The van der Waals surface area contributed by atoms with Crippen molar-refractivity contribution in [3.8, 4) is 0 Å². The van der Waals surface area contributed by atoms with Crippen molar-refractivity contribution in [3.63, 3.8) is 0 Å². The molecule has 8 heteroatoms. The molecule has 1 aromatic carbocycles. The van der Waals surface area contributed by atoms with Gasteiger partial charge < -0.3 is 15.5 Å². The summed E-state index contributed by atoms with van der Waals surface area (Å²) in [5, 5.41) is 6.35. The third kappa shape index (κ3) is 4.46. The number of carbonyl (C=O) groups is 2. The number of likely N-dealkylation sites (tertiary alicyclic amines) is 1. The summed E-state index contributed by atoms with van der Waals surface area (Å²) in [6.45, 7) is 7.69. The topological polar surface area (TPSA) is 90.5 Å². The van der Waals surface area contributed by atoms with Gasteiger partial charge in [-0.15, -0.1) is 0 Å². The highest BCUT2D eigenvalue weighted by Crippen LogP contribution is 2.36. The highest BCUT2D eigenvalue weighted by atomic mass is 16.2. The molecule has 1 spiro atoms. The van der Waals surface area contributed by atoms with Crippen LogP contribution in [0.3, 0.4) is 0 Å². The number of fused-ring (bicyclic) bond motifs is 1. The van der Waals surface area contributed by atoms with Crippen molar-refractivity contribution in [1.82, 2.24) is 25.5 Å². The van der Waals surface area contributed by atoms with Gasteiger partial charge in [0.25, 0.3) is 5.91 Å². The third-order valence-corrected chi connectivity index (χ3v) is 6.06. The van der Waals surface area contributed by atoms with Crippen molar-refractivity contribution in [2.24, 2.45) is 5.92 Å². The van der Waals surface area contributed by atoms with E-state index in [4.69, 9.17) is 0 Å². The lowest BCUT2D eigenvalue weighted by Crippen LogP contribution is -2.62. The number of hydrogen-bond acceptors (Lipinski definition) is 6. The molecule has 0 bridgehead atoms. The molecular formula is C24H32N6O2. The van der Waals surface area contributed by atoms with Crippen LogP contribution >= 0.6 is 0 Å². The second-order valence-electron chi connectivity index (χ2n) is 10.2. The van der Waals surface area contributed by atoms with E-state index >= 15 is 0 Å². The maximum Gasteiger partial charge on any atom is 0.252 e. The monoisotopic (exact) mass is 436 g/mol. The van der Waals surface area contributed by atoms with Gasteiger partial charge in [-0.2, -0.15) is 0 Å². The molecule has 1 fully saturated rings. The Morgan fingerprint density at radius 3 is 2.59 bits per heavy atom. The smallest absolute Gasteiger partial charge is 0.252 e. The van der Waals surface area contributed by atoms with Crippen LogP contribution in [0.1, 0.15) is 42.3 Å². The molecule has 1 aromatic heterocycles. The first-order chi connectivity index (χ1) is 15.1. The van der Waals surface area contributed by atoms with Gasteiger partial charge in [0.1, 0.15) is 0 Å². The Morgan fingerprint density at radius 2 is 1.94 bits per heavy atom. The average Bonchev–Trinajstić information content (AvgIpc) is 3.04. The summed E-state index contributed by atoms with van der Waals surface area (Å²) in [7, 11) is 3.81. The zero-order chi connectivity index (χ0) is 23.1. The Labute approximate surface area is 189 Å². The van der Waals surface area contributed by atoms with Gasteiger partial charge in [-0.1, -0.05) is 18.2 Å². The van der Waals surface area contributed by atoms with Crippen LogP contribution in [-0.4, -0.2) is 64.9 Å². The van der Waals surface area contributed by atoms with Gasteiger partial charge in [-0.3, -0.25) is 14.5 Å². The van der Waals surface area contributed by atoms with E-state index in [1.807, 2.05) is 76.4 Å². The van der Waals surface area contributed by atoms with E-state index in [1.54, 1.807) is 0 Å². The normalized spacial score (nSPS) is 23.0. The number of nitrogens with one attached hydrogen (secondary N) is 2. The van der Waals surface area contributed by atoms with Crippen LogP contribution in [0.5, 0.6) is 0 Å². The summed E-state index contributed by atoms with van der Waals surface area (Å²) in [4.78, 5) is 39.2. The van der Waals surface area contributed by atoms with Gasteiger partial charge in [-0.25, -0.2) is 9.97 Å². The molecule has 1 saturated heterocycles. The van der Waals surface area contributed by atoms with Gasteiger partial charge in [0, 0.05) is 62.8 Å². The number of aromatic nitrogens is 2. The van der Waals surface area contributed by atoms with Crippen molar-refractivity contribution >= 4 is 17.8 Å². The van der Waals surface area contributed by atoms with Crippen molar-refractivity contribution in [3.05, 3.63) is 53.3 Å². The van der Waals surface area contributed by atoms with Crippen molar-refractivity contribution < 1.29 is 9.59 Å². The van der Waals surface area contributed by atoms with Crippen LogP contribution in [0, 0.1) is 5.92 Å². The maximum absolute atomic E-state index is 13.4. The van der Waals surface area contributed by atoms with E-state index in [0.717, 1.165) is 11.1 Å². The fourth-order valence-electron chi connectivity index (χ4n) is 4.72. The molecule has 8 nitrogen and oxygen atoms in total. The minimum atomic E-state index is -0.648. The van der Waals surface area contributed by atoms with Crippen LogP contribution in [-0.2, 0) is 17.8 Å². The lowest BCUT2D eigenvalue weighted by atomic mass is 9.76. The first-order valence-electron chi connectivity index (χ1n) is 11.0. The summed E-state index contributed by atoms with van der Waals surface area (Å²) >= 11 is 0. The minimum absolute atomic E-state index is 0.0288. The zero-order valence-electron chi connectivity index (χ0n) is 19.5. The summed E-state index contributed by atoms with van der Waals surface area (Å²) in [6, 6.07) is 7.66. The van der Waals surface area contributed by atoms with Gasteiger partial charge in [0.2, 0.25) is 11.9 Å². The predicted molar refractivity (Wildman–Crippen MR) is 123 cm³/mol. The summed E-state index contributed by atoms with van der Waals surface area (Å²) in [5.41, 5.74) is 1.67. The highest BCUT2D eigenvalue weighted by molar-refractivity contribution is 5.98. The van der Waals surface area contributed by atoms with Crippen LogP contribution in [0.4, 0.5) is 5.95 Å². The Hall–Kier alpha value is -3.00. The van der Waals surface area contributed by atoms with Crippen molar-refractivity contribution in [2.45, 2.75) is 44.8 Å². The molecule has 2 aromatic rings. The summed E-state index contributed by atoms with van der Waals surface area (Å²) in [5.74, 6) is 0.158. The second kappa shape index (κ2) is 8.16. The fourth-order valence-corrected chi connectivity index (χ4v) is 4.72. The summed E-state index contributed by atoms with van der Waals surface area (Å²) in [6.07, 6.45) is 4.28.